The molecule has 0 aliphatic rings. The van der Waals surface area contributed by atoms with E-state index in [0.29, 0.717) is 16.8 Å². The van der Waals surface area contributed by atoms with Gasteiger partial charge in [0.25, 0.3) is 5.91 Å². The predicted molar refractivity (Wildman–Crippen MR) is 91.4 cm³/mol. The monoisotopic (exact) mass is 343 g/mol. The SMILES string of the molecule is COc1ccc(/C(C)=N\NC(=O)[C@@H](O)c2ccccc2)cc1[N+](=O)[O-]. The Morgan fingerprint density at radius 2 is 1.96 bits per heavy atom. The molecule has 8 heteroatoms. The molecule has 1 atom stereocenters. The van der Waals surface area contributed by atoms with E-state index < -0.39 is 16.9 Å². The minimum Gasteiger partial charge on any atom is -0.490 e. The van der Waals surface area contributed by atoms with Gasteiger partial charge in [-0.3, -0.25) is 14.9 Å². The molecular formula is C17H17N3O5. The second kappa shape index (κ2) is 8.02. The number of benzene rings is 2. The molecule has 25 heavy (non-hydrogen) atoms. The van der Waals surface area contributed by atoms with Crippen LogP contribution in [0.4, 0.5) is 5.69 Å². The number of nitro benzene ring substituents is 1. The van der Waals surface area contributed by atoms with Crippen LogP contribution in [0.2, 0.25) is 0 Å². The highest BCUT2D eigenvalue weighted by atomic mass is 16.6. The van der Waals surface area contributed by atoms with Crippen LogP contribution in [-0.4, -0.2) is 28.8 Å². The van der Waals surface area contributed by atoms with Crippen LogP contribution in [0.1, 0.15) is 24.2 Å². The van der Waals surface area contributed by atoms with Gasteiger partial charge in [-0.1, -0.05) is 30.3 Å². The molecule has 0 aliphatic carbocycles. The number of hydrogen-bond donors (Lipinski definition) is 2. The number of nitro groups is 1. The number of hydrazone groups is 1. The summed E-state index contributed by atoms with van der Waals surface area (Å²) in [5.74, 6) is -0.571. The highest BCUT2D eigenvalue weighted by Crippen LogP contribution is 2.27. The smallest absolute Gasteiger partial charge is 0.311 e. The molecule has 0 bridgehead atoms. The first-order valence-corrected chi connectivity index (χ1v) is 7.34. The maximum absolute atomic E-state index is 12.0. The van der Waals surface area contributed by atoms with E-state index in [-0.39, 0.29) is 11.4 Å². The molecule has 1 amide bonds. The highest BCUT2D eigenvalue weighted by molar-refractivity contribution is 6.00. The number of methoxy groups -OCH3 is 1. The fourth-order valence-corrected chi connectivity index (χ4v) is 2.11. The minimum absolute atomic E-state index is 0.130. The van der Waals surface area contributed by atoms with Crippen LogP contribution >= 0.6 is 0 Å². The van der Waals surface area contributed by atoms with Crippen molar-refractivity contribution in [2.24, 2.45) is 5.10 Å². The van der Waals surface area contributed by atoms with E-state index in [1.807, 2.05) is 0 Å². The Hall–Kier alpha value is -3.26. The van der Waals surface area contributed by atoms with Crippen molar-refractivity contribution in [1.82, 2.24) is 5.43 Å². The molecule has 0 spiro atoms. The zero-order valence-electron chi connectivity index (χ0n) is 13.7. The highest BCUT2D eigenvalue weighted by Gasteiger charge is 2.18. The van der Waals surface area contributed by atoms with Gasteiger partial charge in [0.05, 0.1) is 17.7 Å². The summed E-state index contributed by atoms with van der Waals surface area (Å²) in [6.07, 6.45) is -1.36. The first-order valence-electron chi connectivity index (χ1n) is 7.34. The molecule has 2 rings (SSSR count). The van der Waals surface area contributed by atoms with Crippen LogP contribution in [0, 0.1) is 10.1 Å². The Labute approximate surface area is 143 Å². The van der Waals surface area contributed by atoms with Crippen LogP contribution in [0.25, 0.3) is 0 Å². The van der Waals surface area contributed by atoms with E-state index in [4.69, 9.17) is 4.74 Å². The number of aliphatic hydroxyl groups excluding tert-OH is 1. The first kappa shape index (κ1) is 18.1. The van der Waals surface area contributed by atoms with Crippen LogP contribution in [-0.2, 0) is 4.79 Å². The van der Waals surface area contributed by atoms with E-state index in [1.165, 1.54) is 19.2 Å². The van der Waals surface area contributed by atoms with Crippen molar-refractivity contribution < 1.29 is 19.6 Å². The quantitative estimate of drug-likeness (QED) is 0.474. The minimum atomic E-state index is -1.36. The molecule has 130 valence electrons. The predicted octanol–water partition coefficient (Wildman–Crippen LogP) is 2.18. The number of nitrogens with one attached hydrogen (secondary N) is 1. The van der Waals surface area contributed by atoms with Gasteiger partial charge in [0.2, 0.25) is 0 Å². The number of aliphatic hydroxyl groups is 1. The molecule has 0 heterocycles. The van der Waals surface area contributed by atoms with Crippen molar-refractivity contribution >= 4 is 17.3 Å². The molecule has 8 nitrogen and oxygen atoms in total. The molecule has 2 aromatic rings. The third kappa shape index (κ3) is 4.39. The summed E-state index contributed by atoms with van der Waals surface area (Å²) in [5.41, 5.74) is 3.28. The molecule has 0 fully saturated rings. The van der Waals surface area contributed by atoms with Gasteiger partial charge in [0.15, 0.2) is 11.9 Å². The Balaban J connectivity index is 2.15. The van der Waals surface area contributed by atoms with Crippen molar-refractivity contribution in [3.63, 3.8) is 0 Å². The number of ether oxygens (including phenoxy) is 1. The zero-order chi connectivity index (χ0) is 18.4. The van der Waals surface area contributed by atoms with E-state index in [1.54, 1.807) is 43.3 Å². The van der Waals surface area contributed by atoms with Gasteiger partial charge in [-0.25, -0.2) is 5.43 Å². The molecule has 0 unspecified atom stereocenters. The normalized spacial score (nSPS) is 12.4. The average Bonchev–Trinajstić information content (AvgIpc) is 2.65. The summed E-state index contributed by atoms with van der Waals surface area (Å²) in [4.78, 5) is 22.4. The fourth-order valence-electron chi connectivity index (χ4n) is 2.11. The Bertz CT molecular complexity index is 805. The van der Waals surface area contributed by atoms with Gasteiger partial charge >= 0.3 is 5.69 Å². The van der Waals surface area contributed by atoms with E-state index in [2.05, 4.69) is 10.5 Å². The maximum Gasteiger partial charge on any atom is 0.311 e. The van der Waals surface area contributed by atoms with Gasteiger partial charge in [0.1, 0.15) is 0 Å². The summed E-state index contributed by atoms with van der Waals surface area (Å²) in [6.45, 7) is 1.58. The topological polar surface area (TPSA) is 114 Å². The fraction of sp³-hybridized carbons (Fsp3) is 0.176. The summed E-state index contributed by atoms with van der Waals surface area (Å²) >= 11 is 0. The number of carbonyl (C=O) groups is 1. The van der Waals surface area contributed by atoms with Gasteiger partial charge in [-0.2, -0.15) is 5.10 Å². The molecule has 0 saturated carbocycles. The first-order chi connectivity index (χ1) is 11.9. The molecule has 0 radical (unpaired) electrons. The summed E-state index contributed by atoms with van der Waals surface area (Å²) in [7, 11) is 1.34. The van der Waals surface area contributed by atoms with Crippen LogP contribution in [0.5, 0.6) is 5.75 Å². The summed E-state index contributed by atoms with van der Waals surface area (Å²) in [6, 6.07) is 12.8. The standard InChI is InChI=1S/C17H17N3O5/c1-11(13-8-9-15(25-2)14(10-13)20(23)24)18-19-17(22)16(21)12-6-4-3-5-7-12/h3-10,16,21H,1-2H3,(H,19,22)/b18-11-/t16-/m0/s1. The van der Waals surface area contributed by atoms with E-state index in [0.717, 1.165) is 0 Å². The molecule has 0 saturated heterocycles. The maximum atomic E-state index is 12.0. The molecule has 0 aromatic heterocycles. The van der Waals surface area contributed by atoms with Crippen LogP contribution < -0.4 is 10.2 Å². The Morgan fingerprint density at radius 1 is 1.28 bits per heavy atom. The number of carbonyl (C=O) groups excluding carboxylic acids is 1. The molecular weight excluding hydrogens is 326 g/mol. The van der Waals surface area contributed by atoms with Crippen molar-refractivity contribution in [2.45, 2.75) is 13.0 Å². The molecule has 2 N–H and O–H groups in total. The number of hydrogen-bond acceptors (Lipinski definition) is 6. The lowest BCUT2D eigenvalue weighted by atomic mass is 10.1. The van der Waals surface area contributed by atoms with Gasteiger partial charge in [-0.05, 0) is 24.6 Å². The van der Waals surface area contributed by atoms with E-state index >= 15 is 0 Å². The lowest BCUT2D eigenvalue weighted by Gasteiger charge is -2.10. The summed E-state index contributed by atoms with van der Waals surface area (Å²) < 4.78 is 4.94. The largest absolute Gasteiger partial charge is 0.490 e. The third-order valence-electron chi connectivity index (χ3n) is 3.49. The zero-order valence-corrected chi connectivity index (χ0v) is 13.7. The van der Waals surface area contributed by atoms with Crippen molar-refractivity contribution in [1.29, 1.82) is 0 Å². The average molecular weight is 343 g/mol. The lowest BCUT2D eigenvalue weighted by Crippen LogP contribution is -2.26. The van der Waals surface area contributed by atoms with Gasteiger partial charge in [0, 0.05) is 11.6 Å². The number of amides is 1. The second-order valence-electron chi connectivity index (χ2n) is 5.13. The van der Waals surface area contributed by atoms with Crippen LogP contribution in [0.3, 0.4) is 0 Å². The van der Waals surface area contributed by atoms with Crippen molar-refractivity contribution in [3.05, 3.63) is 69.8 Å². The van der Waals surface area contributed by atoms with Crippen molar-refractivity contribution in [3.8, 4) is 5.75 Å². The second-order valence-corrected chi connectivity index (χ2v) is 5.13. The van der Waals surface area contributed by atoms with E-state index in [9.17, 15) is 20.0 Å². The lowest BCUT2D eigenvalue weighted by molar-refractivity contribution is -0.385. The van der Waals surface area contributed by atoms with Gasteiger partial charge in [-0.15, -0.1) is 0 Å². The molecule has 0 aliphatic heterocycles. The number of nitrogens with zero attached hydrogens (tertiary/aromatic N) is 2. The van der Waals surface area contributed by atoms with Gasteiger partial charge < -0.3 is 9.84 Å². The Kier molecular flexibility index (Phi) is 5.80. The Morgan fingerprint density at radius 3 is 2.56 bits per heavy atom. The summed E-state index contributed by atoms with van der Waals surface area (Å²) in [5, 5.41) is 24.9. The van der Waals surface area contributed by atoms with Crippen molar-refractivity contribution in [2.75, 3.05) is 7.11 Å². The molecule has 2 aromatic carbocycles. The number of rotatable bonds is 6. The van der Waals surface area contributed by atoms with Crippen LogP contribution in [0.15, 0.2) is 53.6 Å². The third-order valence-corrected chi connectivity index (χ3v) is 3.49.